The molecule has 0 atom stereocenters. The van der Waals surface area contributed by atoms with Crippen molar-refractivity contribution >= 4 is 38.9 Å². The number of nitrogens with two attached hydrogens (primary N) is 1. The van der Waals surface area contributed by atoms with E-state index in [2.05, 4.69) is 15.9 Å². The van der Waals surface area contributed by atoms with Crippen LogP contribution in [0.4, 0.5) is 5.69 Å². The Bertz CT molecular complexity index is 554. The molecule has 5 heteroatoms. The van der Waals surface area contributed by atoms with Gasteiger partial charge >= 0.3 is 0 Å². The summed E-state index contributed by atoms with van der Waals surface area (Å²) in [6, 6.07) is 7.32. The molecule has 0 saturated heterocycles. The van der Waals surface area contributed by atoms with E-state index in [-0.39, 0.29) is 5.91 Å². The zero-order valence-electron chi connectivity index (χ0n) is 9.89. The summed E-state index contributed by atoms with van der Waals surface area (Å²) in [5.41, 5.74) is 8.02. The van der Waals surface area contributed by atoms with Crippen LogP contribution in [0.3, 0.4) is 0 Å². The smallest absolute Gasteiger partial charge is 0.255 e. The first-order valence-electron chi connectivity index (χ1n) is 5.39. The van der Waals surface area contributed by atoms with Crippen LogP contribution in [0, 0.1) is 0 Å². The Labute approximate surface area is 118 Å². The largest absolute Gasteiger partial charge is 0.398 e. The molecule has 0 saturated carbocycles. The van der Waals surface area contributed by atoms with E-state index in [0.29, 0.717) is 17.8 Å². The Balaban J connectivity index is 2.15. The molecule has 94 valence electrons. The van der Waals surface area contributed by atoms with Crippen LogP contribution < -0.4 is 5.73 Å². The third-order valence-electron chi connectivity index (χ3n) is 2.59. The molecule has 1 heterocycles. The highest BCUT2D eigenvalue weighted by molar-refractivity contribution is 9.10. The zero-order chi connectivity index (χ0) is 13.1. The number of hydrogen-bond acceptors (Lipinski definition) is 3. The monoisotopic (exact) mass is 324 g/mol. The van der Waals surface area contributed by atoms with Crippen LogP contribution in [0.1, 0.15) is 15.9 Å². The number of nitrogens with zero attached hydrogens (tertiary/aromatic N) is 1. The maximum atomic E-state index is 12.2. The Hall–Kier alpha value is -1.33. The van der Waals surface area contributed by atoms with Gasteiger partial charge in [0, 0.05) is 23.8 Å². The van der Waals surface area contributed by atoms with E-state index in [1.54, 1.807) is 35.4 Å². The van der Waals surface area contributed by atoms with E-state index >= 15 is 0 Å². The van der Waals surface area contributed by atoms with Crippen molar-refractivity contribution in [1.82, 2.24) is 4.90 Å². The summed E-state index contributed by atoms with van der Waals surface area (Å²) >= 11 is 4.95. The van der Waals surface area contributed by atoms with Crippen molar-refractivity contribution in [2.24, 2.45) is 0 Å². The minimum absolute atomic E-state index is 0.0637. The van der Waals surface area contributed by atoms with E-state index in [9.17, 15) is 4.79 Å². The van der Waals surface area contributed by atoms with E-state index in [4.69, 9.17) is 5.73 Å². The van der Waals surface area contributed by atoms with Crippen LogP contribution in [0.2, 0.25) is 0 Å². The molecule has 2 N–H and O–H groups in total. The lowest BCUT2D eigenvalue weighted by Gasteiger charge is -2.17. The van der Waals surface area contributed by atoms with Crippen molar-refractivity contribution in [2.45, 2.75) is 6.54 Å². The molecule has 0 unspecified atom stereocenters. The number of halogens is 1. The fourth-order valence-corrected chi connectivity index (χ4v) is 2.70. The number of carbonyl (C=O) groups excluding carboxylic acids is 1. The number of hydrogen-bond donors (Lipinski definition) is 1. The van der Waals surface area contributed by atoms with Crippen molar-refractivity contribution in [3.8, 4) is 0 Å². The van der Waals surface area contributed by atoms with Crippen LogP contribution in [-0.2, 0) is 6.54 Å². The minimum Gasteiger partial charge on any atom is -0.398 e. The SMILES string of the molecule is CN(Cc1ccsc1)C(=O)c1ccc(Br)cc1N. The maximum Gasteiger partial charge on any atom is 0.255 e. The van der Waals surface area contributed by atoms with Crippen LogP contribution in [0.25, 0.3) is 0 Å². The maximum absolute atomic E-state index is 12.2. The highest BCUT2D eigenvalue weighted by Gasteiger charge is 2.15. The fraction of sp³-hybridized carbons (Fsp3) is 0.154. The van der Waals surface area contributed by atoms with Gasteiger partial charge in [-0.25, -0.2) is 0 Å². The molecule has 0 aliphatic carbocycles. The van der Waals surface area contributed by atoms with Gasteiger partial charge in [0.1, 0.15) is 0 Å². The first-order valence-corrected chi connectivity index (χ1v) is 7.13. The second-order valence-corrected chi connectivity index (χ2v) is 5.72. The molecule has 2 aromatic rings. The van der Waals surface area contributed by atoms with Gasteiger partial charge in [-0.1, -0.05) is 15.9 Å². The lowest BCUT2D eigenvalue weighted by atomic mass is 10.1. The Morgan fingerprint density at radius 1 is 1.44 bits per heavy atom. The molecule has 0 spiro atoms. The minimum atomic E-state index is -0.0637. The van der Waals surface area contributed by atoms with Gasteiger partial charge in [0.05, 0.1) is 5.56 Å². The molecule has 0 fully saturated rings. The predicted octanol–water partition coefficient (Wildman–Crippen LogP) is 3.37. The Morgan fingerprint density at radius 3 is 2.83 bits per heavy atom. The average molecular weight is 325 g/mol. The molecule has 0 aliphatic heterocycles. The summed E-state index contributed by atoms with van der Waals surface area (Å²) < 4.78 is 0.872. The first kappa shape index (κ1) is 13.1. The van der Waals surface area contributed by atoms with Crippen molar-refractivity contribution in [2.75, 3.05) is 12.8 Å². The van der Waals surface area contributed by atoms with Gasteiger partial charge in [-0.3, -0.25) is 4.79 Å². The summed E-state index contributed by atoms with van der Waals surface area (Å²) in [7, 11) is 1.78. The van der Waals surface area contributed by atoms with Gasteiger partial charge in [0.15, 0.2) is 0 Å². The van der Waals surface area contributed by atoms with Crippen molar-refractivity contribution in [3.63, 3.8) is 0 Å². The first-order chi connectivity index (χ1) is 8.58. The Kier molecular flexibility index (Phi) is 4.04. The molecular weight excluding hydrogens is 312 g/mol. The van der Waals surface area contributed by atoms with E-state index in [1.807, 2.05) is 22.9 Å². The number of anilines is 1. The quantitative estimate of drug-likeness (QED) is 0.880. The molecule has 2 rings (SSSR count). The second kappa shape index (κ2) is 5.54. The number of benzene rings is 1. The Morgan fingerprint density at radius 2 is 2.22 bits per heavy atom. The van der Waals surface area contributed by atoms with Gasteiger partial charge in [-0.05, 0) is 40.6 Å². The molecule has 0 bridgehead atoms. The molecular formula is C13H13BrN2OS. The molecule has 1 aromatic carbocycles. The van der Waals surface area contributed by atoms with Gasteiger partial charge in [0.25, 0.3) is 5.91 Å². The standard InChI is InChI=1S/C13H13BrN2OS/c1-16(7-9-4-5-18-8-9)13(17)11-3-2-10(14)6-12(11)15/h2-6,8H,7,15H2,1H3. The molecule has 1 aromatic heterocycles. The lowest BCUT2D eigenvalue weighted by Crippen LogP contribution is -2.26. The summed E-state index contributed by atoms with van der Waals surface area (Å²) in [6.07, 6.45) is 0. The van der Waals surface area contributed by atoms with Crippen molar-refractivity contribution in [1.29, 1.82) is 0 Å². The second-order valence-electron chi connectivity index (χ2n) is 4.02. The third kappa shape index (κ3) is 2.91. The van der Waals surface area contributed by atoms with Crippen molar-refractivity contribution in [3.05, 3.63) is 50.6 Å². The third-order valence-corrected chi connectivity index (χ3v) is 3.82. The number of thiophene rings is 1. The normalized spacial score (nSPS) is 10.3. The van der Waals surface area contributed by atoms with Crippen LogP contribution in [-0.4, -0.2) is 17.9 Å². The highest BCUT2D eigenvalue weighted by atomic mass is 79.9. The van der Waals surface area contributed by atoms with E-state index in [1.165, 1.54) is 0 Å². The number of carbonyl (C=O) groups is 1. The average Bonchev–Trinajstić information content (AvgIpc) is 2.81. The van der Waals surface area contributed by atoms with E-state index in [0.717, 1.165) is 10.0 Å². The number of amides is 1. The topological polar surface area (TPSA) is 46.3 Å². The summed E-state index contributed by atoms with van der Waals surface area (Å²) in [6.45, 7) is 0.595. The predicted molar refractivity (Wildman–Crippen MR) is 78.7 cm³/mol. The van der Waals surface area contributed by atoms with Crippen LogP contribution in [0.5, 0.6) is 0 Å². The van der Waals surface area contributed by atoms with E-state index < -0.39 is 0 Å². The van der Waals surface area contributed by atoms with Gasteiger partial charge in [-0.15, -0.1) is 0 Å². The number of rotatable bonds is 3. The zero-order valence-corrected chi connectivity index (χ0v) is 12.3. The molecule has 0 radical (unpaired) electrons. The van der Waals surface area contributed by atoms with Crippen LogP contribution in [0.15, 0.2) is 39.5 Å². The molecule has 3 nitrogen and oxygen atoms in total. The molecule has 1 amide bonds. The van der Waals surface area contributed by atoms with Gasteiger partial charge < -0.3 is 10.6 Å². The highest BCUT2D eigenvalue weighted by Crippen LogP contribution is 2.20. The summed E-state index contributed by atoms with van der Waals surface area (Å²) in [5.74, 6) is -0.0637. The summed E-state index contributed by atoms with van der Waals surface area (Å²) in [4.78, 5) is 13.9. The van der Waals surface area contributed by atoms with Gasteiger partial charge in [-0.2, -0.15) is 11.3 Å². The molecule has 18 heavy (non-hydrogen) atoms. The lowest BCUT2D eigenvalue weighted by molar-refractivity contribution is 0.0786. The summed E-state index contributed by atoms with van der Waals surface area (Å²) in [5, 5.41) is 4.04. The van der Waals surface area contributed by atoms with Crippen LogP contribution >= 0.6 is 27.3 Å². The van der Waals surface area contributed by atoms with Gasteiger partial charge in [0.2, 0.25) is 0 Å². The fourth-order valence-electron chi connectivity index (χ4n) is 1.66. The van der Waals surface area contributed by atoms with Crippen molar-refractivity contribution < 1.29 is 4.79 Å². The molecule has 0 aliphatic rings. The number of nitrogen functional groups attached to an aromatic ring is 1.